The van der Waals surface area contributed by atoms with E-state index in [0.717, 1.165) is 10.9 Å². The summed E-state index contributed by atoms with van der Waals surface area (Å²) >= 11 is 0. The van der Waals surface area contributed by atoms with Crippen LogP contribution >= 0.6 is 0 Å². The van der Waals surface area contributed by atoms with Gasteiger partial charge in [-0.1, -0.05) is 18.2 Å². The molecule has 8 heteroatoms. The molecule has 4 rings (SSSR count). The van der Waals surface area contributed by atoms with Crippen molar-refractivity contribution in [3.05, 3.63) is 30.3 Å². The molecule has 0 aliphatic rings. The molecule has 3 heterocycles. The summed E-state index contributed by atoms with van der Waals surface area (Å²) in [4.78, 5) is 7.58. The molecule has 5 N–H and O–H groups in total. The molecule has 0 saturated carbocycles. The first kappa shape index (κ1) is 10.7. The molecular formula is C12H10N8. The minimum atomic E-state index is 0.276. The lowest BCUT2D eigenvalue weighted by molar-refractivity contribution is 0.798. The summed E-state index contributed by atoms with van der Waals surface area (Å²) in [6.07, 6.45) is 0. The number of anilines is 2. The lowest BCUT2D eigenvalue weighted by Crippen LogP contribution is -2.07. The first-order valence-electron chi connectivity index (χ1n) is 5.95. The molecule has 0 radical (unpaired) electrons. The van der Waals surface area contributed by atoms with Crippen LogP contribution in [0.15, 0.2) is 30.3 Å². The van der Waals surface area contributed by atoms with Crippen molar-refractivity contribution in [2.45, 2.75) is 0 Å². The van der Waals surface area contributed by atoms with Gasteiger partial charge in [0, 0.05) is 17.0 Å². The van der Waals surface area contributed by atoms with Gasteiger partial charge in [-0.2, -0.15) is 9.67 Å². The van der Waals surface area contributed by atoms with E-state index in [0.29, 0.717) is 22.8 Å². The highest BCUT2D eigenvalue weighted by Crippen LogP contribution is 2.22. The summed E-state index contributed by atoms with van der Waals surface area (Å²) < 4.78 is 1.35. The zero-order valence-electron chi connectivity index (χ0n) is 10.3. The van der Waals surface area contributed by atoms with E-state index < -0.39 is 0 Å². The molecule has 0 saturated heterocycles. The third-order valence-electron chi connectivity index (χ3n) is 3.06. The normalized spacial score (nSPS) is 11.4. The van der Waals surface area contributed by atoms with Crippen LogP contribution in [0.3, 0.4) is 0 Å². The van der Waals surface area contributed by atoms with Gasteiger partial charge in [-0.25, -0.2) is 0 Å². The molecule has 0 fully saturated rings. The maximum atomic E-state index is 5.80. The largest absolute Gasteiger partial charge is 0.383 e. The smallest absolute Gasteiger partial charge is 0.274 e. The van der Waals surface area contributed by atoms with Crippen molar-refractivity contribution in [2.75, 3.05) is 11.5 Å². The molecule has 4 aromatic rings. The van der Waals surface area contributed by atoms with E-state index in [-0.39, 0.29) is 5.95 Å². The van der Waals surface area contributed by atoms with E-state index in [4.69, 9.17) is 11.5 Å². The molecule has 0 bridgehead atoms. The number of fused-ring (bicyclic) bond motifs is 3. The van der Waals surface area contributed by atoms with E-state index in [2.05, 4.69) is 25.3 Å². The van der Waals surface area contributed by atoms with Gasteiger partial charge in [-0.3, -0.25) is 0 Å². The number of nitrogen functional groups attached to an aromatic ring is 2. The monoisotopic (exact) mass is 266 g/mol. The Kier molecular flexibility index (Phi) is 1.97. The third-order valence-corrected chi connectivity index (χ3v) is 3.06. The molecule has 8 nitrogen and oxygen atoms in total. The molecule has 0 aliphatic carbocycles. The molecule has 98 valence electrons. The van der Waals surface area contributed by atoms with Crippen molar-refractivity contribution in [3.63, 3.8) is 0 Å². The number of nitrogens with zero attached hydrogens (tertiary/aromatic N) is 5. The minimum Gasteiger partial charge on any atom is -0.383 e. The number of hydrogen-bond donors (Lipinski definition) is 3. The fourth-order valence-corrected chi connectivity index (χ4v) is 2.18. The lowest BCUT2D eigenvalue weighted by Gasteiger charge is -1.99. The predicted octanol–water partition coefficient (Wildman–Crippen LogP) is 0.856. The Balaban J connectivity index is 1.99. The molecule has 20 heavy (non-hydrogen) atoms. The predicted molar refractivity (Wildman–Crippen MR) is 75.1 cm³/mol. The maximum absolute atomic E-state index is 5.80. The van der Waals surface area contributed by atoms with E-state index in [1.54, 1.807) is 6.07 Å². The summed E-state index contributed by atoms with van der Waals surface area (Å²) in [6, 6.07) is 9.34. The van der Waals surface area contributed by atoms with Gasteiger partial charge >= 0.3 is 0 Å². The molecule has 0 aliphatic heterocycles. The van der Waals surface area contributed by atoms with Crippen LogP contribution in [0.25, 0.3) is 28.0 Å². The van der Waals surface area contributed by atoms with Crippen LogP contribution in [0.4, 0.5) is 11.6 Å². The van der Waals surface area contributed by atoms with Crippen LogP contribution in [0.1, 0.15) is 0 Å². The van der Waals surface area contributed by atoms with Crippen LogP contribution in [0.2, 0.25) is 0 Å². The zero-order valence-corrected chi connectivity index (χ0v) is 10.3. The minimum absolute atomic E-state index is 0.276. The quantitative estimate of drug-likeness (QED) is 0.469. The van der Waals surface area contributed by atoms with E-state index in [9.17, 15) is 0 Å². The fraction of sp³-hybridized carbons (Fsp3) is 0. The van der Waals surface area contributed by atoms with Gasteiger partial charge in [0.1, 0.15) is 17.2 Å². The van der Waals surface area contributed by atoms with Gasteiger partial charge < -0.3 is 16.5 Å². The summed E-state index contributed by atoms with van der Waals surface area (Å²) in [7, 11) is 0. The molecule has 0 spiro atoms. The van der Waals surface area contributed by atoms with E-state index >= 15 is 0 Å². The maximum Gasteiger partial charge on any atom is 0.274 e. The van der Waals surface area contributed by atoms with Crippen LogP contribution in [-0.2, 0) is 0 Å². The van der Waals surface area contributed by atoms with Crippen molar-refractivity contribution < 1.29 is 0 Å². The number of benzene rings is 1. The Bertz CT molecular complexity index is 935. The summed E-state index contributed by atoms with van der Waals surface area (Å²) in [5, 5.41) is 13.3. The number of rotatable bonds is 1. The zero-order chi connectivity index (χ0) is 13.7. The van der Waals surface area contributed by atoms with Crippen LogP contribution in [0, 0.1) is 0 Å². The van der Waals surface area contributed by atoms with Crippen LogP contribution < -0.4 is 11.5 Å². The Morgan fingerprint density at radius 2 is 1.95 bits per heavy atom. The Morgan fingerprint density at radius 3 is 2.75 bits per heavy atom. The molecule has 0 amide bonds. The number of nitrogens with two attached hydrogens (primary N) is 2. The SMILES string of the molecule is Nc1cc(N)n(-c2nnc3c(n2)[nH]c2ccccc23)n1. The second-order valence-corrected chi connectivity index (χ2v) is 4.39. The Hall–Kier alpha value is -3.16. The number of para-hydroxylation sites is 1. The molecule has 0 atom stereocenters. The topological polar surface area (TPSA) is 124 Å². The van der Waals surface area contributed by atoms with Gasteiger partial charge in [0.05, 0.1) is 0 Å². The third kappa shape index (κ3) is 1.41. The highest BCUT2D eigenvalue weighted by molar-refractivity contribution is 6.03. The van der Waals surface area contributed by atoms with Crippen molar-refractivity contribution >= 4 is 33.7 Å². The summed E-state index contributed by atoms with van der Waals surface area (Å²) in [5.74, 6) is 0.945. The fourth-order valence-electron chi connectivity index (χ4n) is 2.18. The lowest BCUT2D eigenvalue weighted by atomic mass is 10.2. The standard InChI is InChI=1S/C12H10N8/c13-8-5-9(14)20(19-8)12-16-11-10(17-18-12)6-3-1-2-4-7(6)15-11/h1-5H,14H2,(H2,13,19)(H,15,16,18). The van der Waals surface area contributed by atoms with Crippen LogP contribution in [0.5, 0.6) is 0 Å². The highest BCUT2D eigenvalue weighted by Gasteiger charge is 2.12. The van der Waals surface area contributed by atoms with E-state index in [1.165, 1.54) is 4.68 Å². The van der Waals surface area contributed by atoms with Gasteiger partial charge in [-0.05, 0) is 6.07 Å². The number of nitrogens with one attached hydrogen (secondary N) is 1. The van der Waals surface area contributed by atoms with E-state index in [1.807, 2.05) is 24.3 Å². The van der Waals surface area contributed by atoms with Gasteiger partial charge in [0.25, 0.3) is 5.95 Å². The molecular weight excluding hydrogens is 256 g/mol. The summed E-state index contributed by atoms with van der Waals surface area (Å²) in [6.45, 7) is 0. The molecule has 1 aromatic carbocycles. The average Bonchev–Trinajstić information content (AvgIpc) is 2.97. The van der Waals surface area contributed by atoms with Crippen molar-refractivity contribution in [2.24, 2.45) is 0 Å². The number of aromatic amines is 1. The highest BCUT2D eigenvalue weighted by atomic mass is 15.4. The number of aromatic nitrogens is 6. The van der Waals surface area contributed by atoms with Gasteiger partial charge in [0.15, 0.2) is 5.65 Å². The van der Waals surface area contributed by atoms with Crippen molar-refractivity contribution in [3.8, 4) is 5.95 Å². The first-order chi connectivity index (χ1) is 9.72. The Morgan fingerprint density at radius 1 is 1.10 bits per heavy atom. The summed E-state index contributed by atoms with van der Waals surface area (Å²) in [5.41, 5.74) is 13.7. The van der Waals surface area contributed by atoms with Crippen molar-refractivity contribution in [1.82, 2.24) is 29.9 Å². The molecule has 0 unspecified atom stereocenters. The Labute approximate surface area is 112 Å². The number of H-pyrrole nitrogens is 1. The first-order valence-corrected chi connectivity index (χ1v) is 5.95. The van der Waals surface area contributed by atoms with Gasteiger partial charge in [-0.15, -0.1) is 15.3 Å². The van der Waals surface area contributed by atoms with Crippen LogP contribution in [-0.4, -0.2) is 29.9 Å². The second kappa shape index (κ2) is 3.67. The van der Waals surface area contributed by atoms with Gasteiger partial charge in [0.2, 0.25) is 0 Å². The number of hydrogen-bond acceptors (Lipinski definition) is 6. The second-order valence-electron chi connectivity index (χ2n) is 4.39. The average molecular weight is 266 g/mol. The molecule has 3 aromatic heterocycles. The van der Waals surface area contributed by atoms with Crippen molar-refractivity contribution in [1.29, 1.82) is 0 Å².